The van der Waals surface area contributed by atoms with Crippen molar-refractivity contribution in [3.05, 3.63) is 58.9 Å². The standard InChI is InChI=1S/C17H15ClFN5OS/c1-10-6-7-11(8-14(10)19)21-15(25)9-26-17-23-22-16(24(17)20)12-4-2-3-5-13(12)18/h2-8H,9,20H2,1H3,(H,21,25). The Morgan fingerprint density at radius 2 is 2.08 bits per heavy atom. The molecule has 134 valence electrons. The van der Waals surface area contributed by atoms with Crippen molar-refractivity contribution >= 4 is 35.0 Å². The summed E-state index contributed by atoms with van der Waals surface area (Å²) >= 11 is 7.26. The van der Waals surface area contributed by atoms with E-state index in [1.54, 1.807) is 37.3 Å². The number of halogens is 2. The zero-order chi connectivity index (χ0) is 18.7. The van der Waals surface area contributed by atoms with E-state index in [4.69, 9.17) is 17.4 Å². The third-order valence-corrected chi connectivity index (χ3v) is 4.84. The highest BCUT2D eigenvalue weighted by Gasteiger charge is 2.15. The summed E-state index contributed by atoms with van der Waals surface area (Å²) in [6.07, 6.45) is 0. The molecule has 0 aliphatic rings. The first kappa shape index (κ1) is 18.2. The average Bonchev–Trinajstić information content (AvgIpc) is 2.97. The fraction of sp³-hybridized carbons (Fsp3) is 0.118. The quantitative estimate of drug-likeness (QED) is 0.513. The van der Waals surface area contributed by atoms with Crippen LogP contribution in [0, 0.1) is 12.7 Å². The van der Waals surface area contributed by atoms with E-state index in [1.807, 2.05) is 6.07 Å². The highest BCUT2D eigenvalue weighted by atomic mass is 35.5. The van der Waals surface area contributed by atoms with E-state index in [1.165, 1.54) is 10.7 Å². The maximum atomic E-state index is 13.5. The number of nitrogens with zero attached hydrogens (tertiary/aromatic N) is 3. The van der Waals surface area contributed by atoms with Crippen LogP contribution in [0.5, 0.6) is 0 Å². The number of thioether (sulfide) groups is 1. The number of hydrogen-bond acceptors (Lipinski definition) is 5. The smallest absolute Gasteiger partial charge is 0.234 e. The predicted octanol–water partition coefficient (Wildman–Crippen LogP) is 3.49. The van der Waals surface area contributed by atoms with Crippen LogP contribution in [0.1, 0.15) is 5.56 Å². The van der Waals surface area contributed by atoms with Gasteiger partial charge in [0, 0.05) is 11.3 Å². The molecule has 0 fully saturated rings. The summed E-state index contributed by atoms with van der Waals surface area (Å²) in [5.41, 5.74) is 1.56. The van der Waals surface area contributed by atoms with Gasteiger partial charge in [0.05, 0.1) is 10.8 Å². The van der Waals surface area contributed by atoms with Crippen LogP contribution in [0.4, 0.5) is 10.1 Å². The molecule has 2 aromatic carbocycles. The van der Waals surface area contributed by atoms with Gasteiger partial charge in [-0.2, -0.15) is 0 Å². The SMILES string of the molecule is Cc1ccc(NC(=O)CSc2nnc(-c3ccccc3Cl)n2N)cc1F. The summed E-state index contributed by atoms with van der Waals surface area (Å²) in [4.78, 5) is 12.1. The summed E-state index contributed by atoms with van der Waals surface area (Å²) in [5.74, 6) is 5.78. The van der Waals surface area contributed by atoms with Crippen LogP contribution < -0.4 is 11.2 Å². The highest BCUT2D eigenvalue weighted by molar-refractivity contribution is 7.99. The molecular weight excluding hydrogens is 377 g/mol. The minimum absolute atomic E-state index is 0.0490. The van der Waals surface area contributed by atoms with Crippen LogP contribution in [0.25, 0.3) is 11.4 Å². The van der Waals surface area contributed by atoms with E-state index < -0.39 is 0 Å². The second-order valence-electron chi connectivity index (χ2n) is 5.46. The summed E-state index contributed by atoms with van der Waals surface area (Å²) in [6.45, 7) is 1.65. The molecule has 0 aliphatic carbocycles. The van der Waals surface area contributed by atoms with Gasteiger partial charge in [0.15, 0.2) is 5.82 Å². The van der Waals surface area contributed by atoms with E-state index in [0.29, 0.717) is 32.8 Å². The average molecular weight is 392 g/mol. The monoisotopic (exact) mass is 391 g/mol. The van der Waals surface area contributed by atoms with Crippen LogP contribution >= 0.6 is 23.4 Å². The lowest BCUT2D eigenvalue weighted by molar-refractivity contribution is -0.113. The summed E-state index contributed by atoms with van der Waals surface area (Å²) in [7, 11) is 0. The number of nitrogens with one attached hydrogen (secondary N) is 1. The molecule has 3 aromatic rings. The Hall–Kier alpha value is -2.58. The maximum absolute atomic E-state index is 13.5. The van der Waals surface area contributed by atoms with Crippen molar-refractivity contribution < 1.29 is 9.18 Å². The van der Waals surface area contributed by atoms with Crippen LogP contribution in [0.2, 0.25) is 5.02 Å². The molecule has 6 nitrogen and oxygen atoms in total. The molecule has 9 heteroatoms. The van der Waals surface area contributed by atoms with E-state index in [9.17, 15) is 9.18 Å². The number of aromatic nitrogens is 3. The number of amides is 1. The number of carbonyl (C=O) groups is 1. The number of carbonyl (C=O) groups excluding carboxylic acids is 1. The lowest BCUT2D eigenvalue weighted by atomic mass is 10.2. The molecule has 3 N–H and O–H groups in total. The Bertz CT molecular complexity index is 962. The molecule has 1 aromatic heterocycles. The Labute approximate surface area is 158 Å². The number of nitrogen functional groups attached to an aromatic ring is 1. The molecule has 0 spiro atoms. The molecule has 0 saturated heterocycles. The van der Waals surface area contributed by atoms with Gasteiger partial charge in [-0.1, -0.05) is 41.6 Å². The minimum Gasteiger partial charge on any atom is -0.335 e. The lowest BCUT2D eigenvalue weighted by Crippen LogP contribution is -2.16. The van der Waals surface area contributed by atoms with Crippen molar-refractivity contribution in [3.63, 3.8) is 0 Å². The van der Waals surface area contributed by atoms with Crippen molar-refractivity contribution in [2.75, 3.05) is 16.9 Å². The topological polar surface area (TPSA) is 85.8 Å². The Balaban J connectivity index is 1.66. The first-order chi connectivity index (χ1) is 12.5. The number of rotatable bonds is 5. The summed E-state index contributed by atoms with van der Waals surface area (Å²) in [6, 6.07) is 11.6. The molecule has 0 bridgehead atoms. The van der Waals surface area contributed by atoms with Crippen LogP contribution in [0.15, 0.2) is 47.6 Å². The number of hydrogen-bond donors (Lipinski definition) is 2. The van der Waals surface area contributed by atoms with Crippen molar-refractivity contribution in [1.82, 2.24) is 14.9 Å². The molecule has 3 rings (SSSR count). The van der Waals surface area contributed by atoms with Crippen molar-refractivity contribution in [3.8, 4) is 11.4 Å². The molecule has 0 aliphatic heterocycles. The van der Waals surface area contributed by atoms with E-state index >= 15 is 0 Å². The normalized spacial score (nSPS) is 10.7. The number of aryl methyl sites for hydroxylation is 1. The number of anilines is 1. The Kier molecular flexibility index (Phi) is 5.43. The van der Waals surface area contributed by atoms with Crippen LogP contribution in [-0.2, 0) is 4.79 Å². The molecule has 0 saturated carbocycles. The van der Waals surface area contributed by atoms with E-state index in [-0.39, 0.29) is 17.5 Å². The maximum Gasteiger partial charge on any atom is 0.234 e. The van der Waals surface area contributed by atoms with Crippen molar-refractivity contribution in [2.45, 2.75) is 12.1 Å². The van der Waals surface area contributed by atoms with Crippen LogP contribution in [0.3, 0.4) is 0 Å². The lowest BCUT2D eigenvalue weighted by Gasteiger charge is -2.07. The second kappa shape index (κ2) is 7.76. The van der Waals surface area contributed by atoms with Gasteiger partial charge in [-0.15, -0.1) is 10.2 Å². The molecule has 1 heterocycles. The van der Waals surface area contributed by atoms with Gasteiger partial charge >= 0.3 is 0 Å². The zero-order valence-corrected chi connectivity index (χ0v) is 15.3. The minimum atomic E-state index is -0.374. The number of nitrogens with two attached hydrogens (primary N) is 1. The van der Waals surface area contributed by atoms with Gasteiger partial charge in [-0.05, 0) is 36.8 Å². The first-order valence-electron chi connectivity index (χ1n) is 7.60. The Morgan fingerprint density at radius 1 is 1.31 bits per heavy atom. The van der Waals surface area contributed by atoms with Gasteiger partial charge < -0.3 is 11.2 Å². The number of benzene rings is 2. The van der Waals surface area contributed by atoms with Gasteiger partial charge in [-0.3, -0.25) is 4.79 Å². The first-order valence-corrected chi connectivity index (χ1v) is 8.96. The molecular formula is C17H15ClFN5OS. The van der Waals surface area contributed by atoms with Gasteiger partial charge in [0.2, 0.25) is 11.1 Å². The highest BCUT2D eigenvalue weighted by Crippen LogP contribution is 2.27. The summed E-state index contributed by atoms with van der Waals surface area (Å²) < 4.78 is 14.8. The van der Waals surface area contributed by atoms with Gasteiger partial charge in [-0.25, -0.2) is 9.07 Å². The third kappa shape index (κ3) is 3.97. The molecule has 0 unspecified atom stereocenters. The Morgan fingerprint density at radius 3 is 2.81 bits per heavy atom. The molecule has 26 heavy (non-hydrogen) atoms. The molecule has 1 amide bonds. The van der Waals surface area contributed by atoms with Gasteiger partial charge in [0.1, 0.15) is 5.82 Å². The van der Waals surface area contributed by atoms with Crippen molar-refractivity contribution in [2.24, 2.45) is 0 Å². The fourth-order valence-corrected chi connectivity index (χ4v) is 3.08. The van der Waals surface area contributed by atoms with E-state index in [2.05, 4.69) is 15.5 Å². The largest absolute Gasteiger partial charge is 0.335 e. The fourth-order valence-electron chi connectivity index (χ4n) is 2.20. The predicted molar refractivity (Wildman–Crippen MR) is 101 cm³/mol. The zero-order valence-electron chi connectivity index (χ0n) is 13.7. The molecule has 0 radical (unpaired) electrons. The van der Waals surface area contributed by atoms with E-state index in [0.717, 1.165) is 11.8 Å². The third-order valence-electron chi connectivity index (χ3n) is 3.57. The molecule has 0 atom stereocenters. The second-order valence-corrected chi connectivity index (χ2v) is 6.81. The van der Waals surface area contributed by atoms with Crippen molar-refractivity contribution in [1.29, 1.82) is 0 Å². The van der Waals surface area contributed by atoms with Gasteiger partial charge in [0.25, 0.3) is 0 Å². The summed E-state index contributed by atoms with van der Waals surface area (Å²) in [5, 5.41) is 11.5. The van der Waals surface area contributed by atoms with Crippen LogP contribution in [-0.4, -0.2) is 26.5 Å².